The summed E-state index contributed by atoms with van der Waals surface area (Å²) in [7, 11) is 0. The number of aromatic carboxylic acids is 1. The van der Waals surface area contributed by atoms with E-state index in [0.717, 1.165) is 41.3 Å². The van der Waals surface area contributed by atoms with Crippen LogP contribution in [0.1, 0.15) is 38.7 Å². The van der Waals surface area contributed by atoms with Gasteiger partial charge in [-0.1, -0.05) is 0 Å². The second-order valence-electron chi connectivity index (χ2n) is 7.56. The molecule has 0 amide bonds. The lowest BCUT2D eigenvalue weighted by molar-refractivity contribution is -0.131. The van der Waals surface area contributed by atoms with E-state index in [2.05, 4.69) is 19.9 Å². The summed E-state index contributed by atoms with van der Waals surface area (Å²) >= 11 is 0. The van der Waals surface area contributed by atoms with Crippen LogP contribution in [-0.4, -0.2) is 42.1 Å². The molecule has 5 heterocycles. The van der Waals surface area contributed by atoms with E-state index < -0.39 is 11.9 Å². The SMILES string of the molecule is O=C(O)/C=C\c1cc2cc3ccc(cc4nc(cc5nc(c(C(=O)O)c1[nH]2)C=C5)CC4)[nH]3. The number of rotatable bonds is 3. The third-order valence-electron chi connectivity index (χ3n) is 5.26. The predicted molar refractivity (Wildman–Crippen MR) is 121 cm³/mol. The molecule has 3 aromatic heterocycles. The number of fused-ring (bicyclic) bond motifs is 8. The minimum absolute atomic E-state index is 0.0393. The monoisotopic (exact) mass is 426 g/mol. The molecule has 0 aromatic carbocycles. The molecular weight excluding hydrogens is 408 g/mol. The minimum Gasteiger partial charge on any atom is -0.478 e. The van der Waals surface area contributed by atoms with Gasteiger partial charge in [0.25, 0.3) is 0 Å². The topological polar surface area (TPSA) is 132 Å². The number of carbonyl (C=O) groups is 2. The van der Waals surface area contributed by atoms with Crippen LogP contribution in [-0.2, 0) is 17.6 Å². The molecule has 32 heavy (non-hydrogen) atoms. The lowest BCUT2D eigenvalue weighted by atomic mass is 10.1. The fourth-order valence-electron chi connectivity index (χ4n) is 3.89. The Labute approximate surface area is 181 Å². The zero-order valence-electron chi connectivity index (χ0n) is 16.8. The number of aromatic amines is 2. The van der Waals surface area contributed by atoms with Crippen LogP contribution in [0.5, 0.6) is 0 Å². The van der Waals surface area contributed by atoms with Gasteiger partial charge in [-0.05, 0) is 67.5 Å². The fraction of sp³-hybridized carbons (Fsp3) is 0.0833. The molecular formula is C24H18N4O4. The van der Waals surface area contributed by atoms with E-state index in [4.69, 9.17) is 5.11 Å². The van der Waals surface area contributed by atoms with E-state index in [-0.39, 0.29) is 16.8 Å². The predicted octanol–water partition coefficient (Wildman–Crippen LogP) is 4.07. The van der Waals surface area contributed by atoms with Crippen molar-refractivity contribution in [2.45, 2.75) is 12.8 Å². The van der Waals surface area contributed by atoms with Gasteiger partial charge in [0, 0.05) is 39.6 Å². The molecule has 2 aliphatic heterocycles. The molecule has 0 unspecified atom stereocenters. The number of hydrogen-bond acceptors (Lipinski definition) is 4. The molecule has 0 spiro atoms. The number of nitrogens with zero attached hydrogens (tertiary/aromatic N) is 2. The second kappa shape index (κ2) is 7.66. The molecule has 0 fully saturated rings. The second-order valence-corrected chi connectivity index (χ2v) is 7.56. The summed E-state index contributed by atoms with van der Waals surface area (Å²) in [6.07, 6.45) is 7.35. The Kier molecular flexibility index (Phi) is 4.67. The summed E-state index contributed by atoms with van der Waals surface area (Å²) in [5.41, 5.74) is 5.77. The van der Waals surface area contributed by atoms with Crippen LogP contribution < -0.4 is 0 Å². The number of aliphatic carboxylic acids is 1. The molecule has 2 aliphatic rings. The number of aromatic nitrogens is 4. The first-order valence-corrected chi connectivity index (χ1v) is 10.00. The van der Waals surface area contributed by atoms with E-state index in [1.807, 2.05) is 30.3 Å². The number of hydrogen-bond donors (Lipinski definition) is 4. The van der Waals surface area contributed by atoms with Crippen molar-refractivity contribution in [3.63, 3.8) is 0 Å². The third-order valence-corrected chi connectivity index (χ3v) is 5.26. The van der Waals surface area contributed by atoms with Gasteiger partial charge >= 0.3 is 11.9 Å². The average molecular weight is 426 g/mol. The molecule has 0 saturated carbocycles. The van der Waals surface area contributed by atoms with Crippen molar-refractivity contribution in [2.75, 3.05) is 0 Å². The summed E-state index contributed by atoms with van der Waals surface area (Å²) in [6.45, 7) is 0. The van der Waals surface area contributed by atoms with Crippen LogP contribution in [0.25, 0.3) is 40.3 Å². The zero-order valence-corrected chi connectivity index (χ0v) is 16.8. The first kappa shape index (κ1) is 19.5. The van der Waals surface area contributed by atoms with Crippen LogP contribution in [0.15, 0.2) is 42.5 Å². The smallest absolute Gasteiger partial charge is 0.340 e. The highest BCUT2D eigenvalue weighted by atomic mass is 16.4. The first-order valence-electron chi connectivity index (χ1n) is 10.00. The Bertz CT molecular complexity index is 1490. The van der Waals surface area contributed by atoms with Gasteiger partial charge in [0.15, 0.2) is 0 Å². The minimum atomic E-state index is -1.17. The van der Waals surface area contributed by atoms with Gasteiger partial charge in [0.1, 0.15) is 5.56 Å². The molecule has 8 heteroatoms. The van der Waals surface area contributed by atoms with E-state index in [1.54, 1.807) is 18.2 Å². The Morgan fingerprint density at radius 2 is 1.62 bits per heavy atom. The number of nitrogens with one attached hydrogen (secondary N) is 2. The van der Waals surface area contributed by atoms with Crippen molar-refractivity contribution in [1.82, 2.24) is 19.9 Å². The molecule has 158 valence electrons. The lowest BCUT2D eigenvalue weighted by Gasteiger charge is -1.98. The number of carboxylic acids is 2. The van der Waals surface area contributed by atoms with E-state index in [0.29, 0.717) is 16.8 Å². The first-order chi connectivity index (χ1) is 15.4. The Morgan fingerprint density at radius 1 is 0.875 bits per heavy atom. The van der Waals surface area contributed by atoms with Gasteiger partial charge in [-0.2, -0.15) is 0 Å². The van der Waals surface area contributed by atoms with Crippen LogP contribution in [0.3, 0.4) is 0 Å². The number of carboxylic acid groups (broad SMARTS) is 2. The molecule has 0 atom stereocenters. The molecule has 0 aliphatic carbocycles. The highest BCUT2D eigenvalue weighted by molar-refractivity contribution is 6.03. The van der Waals surface area contributed by atoms with Gasteiger partial charge in [-0.25, -0.2) is 14.6 Å². The summed E-state index contributed by atoms with van der Waals surface area (Å²) in [5, 5.41) is 19.0. The van der Waals surface area contributed by atoms with Gasteiger partial charge in [-0.15, -0.1) is 0 Å². The van der Waals surface area contributed by atoms with Crippen LogP contribution in [0.4, 0.5) is 0 Å². The standard InChI is InChI=1S/C24H18N4O4/c29-21(30)8-1-13-9-19-12-17-5-4-15(26-17)10-14-2-3-16(25-14)11-18-6-7-20(27-18)22(24(31)32)23(13)28-19/h1,4-12,26,28H,2-3H2,(H,29,30)(H,31,32)/b8-1-,14-10?,15-10?,16-11?,17-12?,18-11?,19-12?,22-20?,23-22?. The summed E-state index contributed by atoms with van der Waals surface area (Å²) < 4.78 is 0. The maximum atomic E-state index is 12.2. The third kappa shape index (κ3) is 3.81. The van der Waals surface area contributed by atoms with Crippen molar-refractivity contribution in [1.29, 1.82) is 0 Å². The maximum Gasteiger partial charge on any atom is 0.340 e. The van der Waals surface area contributed by atoms with Crippen molar-refractivity contribution in [2.24, 2.45) is 0 Å². The van der Waals surface area contributed by atoms with Crippen LogP contribution in [0.2, 0.25) is 0 Å². The lowest BCUT2D eigenvalue weighted by Crippen LogP contribution is -2.01. The van der Waals surface area contributed by atoms with Gasteiger partial charge < -0.3 is 20.2 Å². The molecule has 0 saturated heterocycles. The van der Waals surface area contributed by atoms with Gasteiger partial charge in [0.05, 0.1) is 16.9 Å². The summed E-state index contributed by atoms with van der Waals surface area (Å²) in [4.78, 5) is 38.9. The molecule has 8 bridgehead atoms. The van der Waals surface area contributed by atoms with Crippen molar-refractivity contribution >= 4 is 52.2 Å². The van der Waals surface area contributed by atoms with Crippen molar-refractivity contribution < 1.29 is 19.8 Å². The van der Waals surface area contributed by atoms with Gasteiger partial charge in [-0.3, -0.25) is 4.98 Å². The normalized spacial score (nSPS) is 13.0. The summed E-state index contributed by atoms with van der Waals surface area (Å²) in [5.74, 6) is -2.29. The molecule has 4 N–H and O–H groups in total. The largest absolute Gasteiger partial charge is 0.478 e. The van der Waals surface area contributed by atoms with Crippen LogP contribution in [0, 0.1) is 0 Å². The molecule has 8 nitrogen and oxygen atoms in total. The highest BCUT2D eigenvalue weighted by Crippen LogP contribution is 2.24. The van der Waals surface area contributed by atoms with E-state index >= 15 is 0 Å². The number of aryl methyl sites for hydroxylation is 2. The zero-order chi connectivity index (χ0) is 22.2. The quantitative estimate of drug-likeness (QED) is 0.365. The Morgan fingerprint density at radius 3 is 2.38 bits per heavy atom. The van der Waals surface area contributed by atoms with Crippen LogP contribution >= 0.6 is 0 Å². The Hall–Kier alpha value is -4.46. The summed E-state index contributed by atoms with van der Waals surface area (Å²) in [6, 6.07) is 11.3. The molecule has 3 aromatic rings. The average Bonchev–Trinajstić information content (AvgIpc) is 3.51. The van der Waals surface area contributed by atoms with Crippen molar-refractivity contribution in [3.05, 3.63) is 76.4 Å². The van der Waals surface area contributed by atoms with Crippen molar-refractivity contribution in [3.8, 4) is 0 Å². The fourth-order valence-corrected chi connectivity index (χ4v) is 3.89. The van der Waals surface area contributed by atoms with E-state index in [1.165, 1.54) is 6.08 Å². The number of H-pyrrole nitrogens is 2. The highest BCUT2D eigenvalue weighted by Gasteiger charge is 2.17. The Balaban J connectivity index is 1.90. The molecule has 0 radical (unpaired) electrons. The molecule has 5 rings (SSSR count). The van der Waals surface area contributed by atoms with Gasteiger partial charge in [0.2, 0.25) is 0 Å². The van der Waals surface area contributed by atoms with E-state index in [9.17, 15) is 14.7 Å². The maximum absolute atomic E-state index is 12.2.